The number of nitrogens with zero attached hydrogens (tertiary/aromatic N) is 3. The van der Waals surface area contributed by atoms with Gasteiger partial charge in [0.25, 0.3) is 0 Å². The standard InChI is InChI=1S/C20H25N5O2/c1-3-6-13(4-2)18(27)11-14(26)12-19-23-24-20(21)25(19)17-8-5-7-16-15(17)9-10-22-16/h5,7-10,13,22H,3-4,6,11-12H2,1-2H3,(H2,21,24). The molecule has 7 nitrogen and oxygen atoms in total. The van der Waals surface area contributed by atoms with Crippen LogP contribution in [0.2, 0.25) is 0 Å². The van der Waals surface area contributed by atoms with Gasteiger partial charge in [-0.3, -0.25) is 14.2 Å². The quantitative estimate of drug-likeness (QED) is 0.565. The van der Waals surface area contributed by atoms with Crippen molar-refractivity contribution in [3.8, 4) is 5.69 Å². The van der Waals surface area contributed by atoms with Gasteiger partial charge < -0.3 is 10.7 Å². The van der Waals surface area contributed by atoms with Crippen molar-refractivity contribution in [1.82, 2.24) is 19.7 Å². The summed E-state index contributed by atoms with van der Waals surface area (Å²) in [5, 5.41) is 8.98. The van der Waals surface area contributed by atoms with E-state index >= 15 is 0 Å². The molecule has 3 aromatic rings. The van der Waals surface area contributed by atoms with Gasteiger partial charge in [0.05, 0.1) is 18.5 Å². The molecule has 0 aliphatic carbocycles. The molecule has 0 fully saturated rings. The molecular formula is C20H25N5O2. The Bertz CT molecular complexity index is 956. The minimum atomic E-state index is -0.163. The zero-order valence-corrected chi connectivity index (χ0v) is 15.7. The number of anilines is 1. The number of carbonyl (C=O) groups excluding carboxylic acids is 2. The normalized spacial score (nSPS) is 12.4. The fourth-order valence-corrected chi connectivity index (χ4v) is 3.49. The first-order valence-electron chi connectivity index (χ1n) is 9.35. The first kappa shape index (κ1) is 18.8. The van der Waals surface area contributed by atoms with Gasteiger partial charge in [-0.25, -0.2) is 0 Å². The van der Waals surface area contributed by atoms with Crippen molar-refractivity contribution < 1.29 is 9.59 Å². The summed E-state index contributed by atoms with van der Waals surface area (Å²) >= 11 is 0. The average molecular weight is 367 g/mol. The number of nitrogens with two attached hydrogens (primary N) is 1. The second-order valence-corrected chi connectivity index (χ2v) is 6.78. The number of hydrogen-bond acceptors (Lipinski definition) is 5. The van der Waals surface area contributed by atoms with E-state index in [4.69, 9.17) is 5.73 Å². The summed E-state index contributed by atoms with van der Waals surface area (Å²) in [6.45, 7) is 4.03. The SMILES string of the molecule is CCCC(CC)C(=O)CC(=O)Cc1nnc(N)n1-c1cccc2[nH]ccc12. The van der Waals surface area contributed by atoms with Crippen LogP contribution in [0.15, 0.2) is 30.5 Å². The maximum absolute atomic E-state index is 12.5. The van der Waals surface area contributed by atoms with E-state index in [1.54, 1.807) is 4.57 Å². The van der Waals surface area contributed by atoms with Crippen LogP contribution in [0.1, 0.15) is 45.4 Å². The summed E-state index contributed by atoms with van der Waals surface area (Å²) in [5.41, 5.74) is 7.79. The van der Waals surface area contributed by atoms with E-state index in [0.717, 1.165) is 35.9 Å². The molecule has 7 heteroatoms. The van der Waals surface area contributed by atoms with Crippen LogP contribution < -0.4 is 5.73 Å². The summed E-state index contributed by atoms with van der Waals surface area (Å²) < 4.78 is 1.68. The molecule has 1 unspecified atom stereocenters. The van der Waals surface area contributed by atoms with Gasteiger partial charge in [0.15, 0.2) is 0 Å². The van der Waals surface area contributed by atoms with E-state index < -0.39 is 0 Å². The van der Waals surface area contributed by atoms with E-state index in [1.165, 1.54) is 0 Å². The van der Waals surface area contributed by atoms with E-state index in [0.29, 0.717) is 5.82 Å². The molecule has 27 heavy (non-hydrogen) atoms. The van der Waals surface area contributed by atoms with E-state index in [-0.39, 0.29) is 36.3 Å². The maximum Gasteiger partial charge on any atom is 0.226 e. The predicted molar refractivity (Wildman–Crippen MR) is 105 cm³/mol. The van der Waals surface area contributed by atoms with Crippen molar-refractivity contribution in [1.29, 1.82) is 0 Å². The molecule has 0 saturated carbocycles. The topological polar surface area (TPSA) is 107 Å². The molecule has 142 valence electrons. The Kier molecular flexibility index (Phi) is 5.69. The lowest BCUT2D eigenvalue weighted by Gasteiger charge is -2.12. The highest BCUT2D eigenvalue weighted by Crippen LogP contribution is 2.25. The lowest BCUT2D eigenvalue weighted by atomic mass is 9.92. The molecule has 0 saturated heterocycles. The summed E-state index contributed by atoms with van der Waals surface area (Å²) in [6, 6.07) is 7.71. The third-order valence-electron chi connectivity index (χ3n) is 4.88. The van der Waals surface area contributed by atoms with Gasteiger partial charge >= 0.3 is 0 Å². The Morgan fingerprint density at radius 1 is 1.22 bits per heavy atom. The van der Waals surface area contributed by atoms with Crippen molar-refractivity contribution in [2.45, 2.75) is 46.0 Å². The number of fused-ring (bicyclic) bond motifs is 1. The third-order valence-corrected chi connectivity index (χ3v) is 4.88. The number of nitrogen functional groups attached to an aromatic ring is 1. The molecule has 0 aliphatic heterocycles. The van der Waals surface area contributed by atoms with Gasteiger partial charge in [0, 0.05) is 23.0 Å². The van der Waals surface area contributed by atoms with Gasteiger partial charge in [-0.15, -0.1) is 10.2 Å². The number of benzene rings is 1. The predicted octanol–water partition coefficient (Wildman–Crippen LogP) is 3.23. The summed E-state index contributed by atoms with van der Waals surface area (Å²) in [4.78, 5) is 28.0. The van der Waals surface area contributed by atoms with E-state index in [9.17, 15) is 9.59 Å². The van der Waals surface area contributed by atoms with Crippen LogP contribution in [0, 0.1) is 5.92 Å². The highest BCUT2D eigenvalue weighted by atomic mass is 16.1. The Labute approximate surface area is 158 Å². The van der Waals surface area contributed by atoms with Crippen LogP contribution in [0.3, 0.4) is 0 Å². The second kappa shape index (κ2) is 8.16. The van der Waals surface area contributed by atoms with E-state index in [2.05, 4.69) is 15.2 Å². The Balaban J connectivity index is 1.82. The Morgan fingerprint density at radius 2 is 2.04 bits per heavy atom. The van der Waals surface area contributed by atoms with E-state index in [1.807, 2.05) is 44.3 Å². The van der Waals surface area contributed by atoms with Crippen LogP contribution in [-0.4, -0.2) is 31.3 Å². The molecule has 3 rings (SSSR count). The second-order valence-electron chi connectivity index (χ2n) is 6.78. The number of hydrogen-bond donors (Lipinski definition) is 2. The van der Waals surface area contributed by atoms with Crippen LogP contribution in [-0.2, 0) is 16.0 Å². The smallest absolute Gasteiger partial charge is 0.226 e. The number of ketones is 2. The van der Waals surface area contributed by atoms with Crippen molar-refractivity contribution in [2.75, 3.05) is 5.73 Å². The van der Waals surface area contributed by atoms with Gasteiger partial charge in [-0.05, 0) is 31.0 Å². The summed E-state index contributed by atoms with van der Waals surface area (Å²) in [6.07, 6.45) is 4.32. The monoisotopic (exact) mass is 367 g/mol. The lowest BCUT2D eigenvalue weighted by Crippen LogP contribution is -2.20. The van der Waals surface area contributed by atoms with Crippen molar-refractivity contribution in [3.63, 3.8) is 0 Å². The number of aromatic nitrogens is 4. The number of Topliss-reactive ketones (excluding diaryl/α,β-unsaturated/α-hetero) is 2. The molecular weight excluding hydrogens is 342 g/mol. The van der Waals surface area contributed by atoms with Crippen molar-refractivity contribution >= 4 is 28.4 Å². The molecule has 2 heterocycles. The van der Waals surface area contributed by atoms with Crippen molar-refractivity contribution in [2.24, 2.45) is 5.92 Å². The number of rotatable bonds is 9. The number of H-pyrrole nitrogens is 1. The molecule has 1 atom stereocenters. The third kappa shape index (κ3) is 3.92. The molecule has 1 aromatic carbocycles. The zero-order valence-electron chi connectivity index (χ0n) is 15.7. The van der Waals surface area contributed by atoms with Crippen LogP contribution in [0.5, 0.6) is 0 Å². The van der Waals surface area contributed by atoms with Gasteiger partial charge in [0.1, 0.15) is 17.4 Å². The molecule has 0 aliphatic rings. The zero-order chi connectivity index (χ0) is 19.4. The fraction of sp³-hybridized carbons (Fsp3) is 0.400. The largest absolute Gasteiger partial charge is 0.368 e. The minimum Gasteiger partial charge on any atom is -0.368 e. The Morgan fingerprint density at radius 3 is 2.78 bits per heavy atom. The first-order chi connectivity index (χ1) is 13.0. The Hall–Kier alpha value is -2.96. The van der Waals surface area contributed by atoms with Crippen LogP contribution in [0.25, 0.3) is 16.6 Å². The lowest BCUT2D eigenvalue weighted by molar-refractivity contribution is -0.129. The number of aromatic amines is 1. The van der Waals surface area contributed by atoms with Gasteiger partial charge in [-0.1, -0.05) is 26.3 Å². The number of carbonyl (C=O) groups is 2. The molecule has 2 aromatic heterocycles. The van der Waals surface area contributed by atoms with Gasteiger partial charge in [0.2, 0.25) is 5.95 Å². The molecule has 0 bridgehead atoms. The highest BCUT2D eigenvalue weighted by Gasteiger charge is 2.22. The maximum atomic E-state index is 12.5. The van der Waals surface area contributed by atoms with Crippen molar-refractivity contribution in [3.05, 3.63) is 36.3 Å². The summed E-state index contributed by atoms with van der Waals surface area (Å²) in [5.74, 6) is 0.467. The molecule has 3 N–H and O–H groups in total. The molecule has 0 radical (unpaired) electrons. The van der Waals surface area contributed by atoms with Gasteiger partial charge in [-0.2, -0.15) is 0 Å². The highest BCUT2D eigenvalue weighted by molar-refractivity contribution is 6.00. The van der Waals surface area contributed by atoms with Crippen LogP contribution >= 0.6 is 0 Å². The minimum absolute atomic E-state index is 0.0103. The van der Waals surface area contributed by atoms with Crippen LogP contribution in [0.4, 0.5) is 5.95 Å². The molecule has 0 amide bonds. The first-order valence-corrected chi connectivity index (χ1v) is 9.35. The number of nitrogens with one attached hydrogen (secondary N) is 1. The summed E-state index contributed by atoms with van der Waals surface area (Å²) in [7, 11) is 0. The molecule has 0 spiro atoms. The average Bonchev–Trinajstić information content (AvgIpc) is 3.26. The fourth-order valence-electron chi connectivity index (χ4n) is 3.49.